The Kier molecular flexibility index (Phi) is 4.87. The molecule has 1 N–H and O–H groups in total. The molecule has 2 saturated heterocycles. The normalized spacial score (nSPS) is 22.8. The van der Waals surface area contributed by atoms with Crippen LogP contribution < -0.4 is 5.32 Å². The molecule has 0 radical (unpaired) electrons. The summed E-state index contributed by atoms with van der Waals surface area (Å²) >= 11 is 0. The zero-order chi connectivity index (χ0) is 18.1. The van der Waals surface area contributed by atoms with E-state index < -0.39 is 5.54 Å². The fraction of sp³-hybridized carbons (Fsp3) is 0.600. The van der Waals surface area contributed by atoms with Crippen molar-refractivity contribution in [1.29, 1.82) is 0 Å². The maximum Gasteiger partial charge on any atom is 0.252 e. The van der Waals surface area contributed by atoms with E-state index in [1.54, 1.807) is 26.0 Å². The Bertz CT molecular complexity index is 636. The van der Waals surface area contributed by atoms with Gasteiger partial charge in [0.1, 0.15) is 5.54 Å². The van der Waals surface area contributed by atoms with Gasteiger partial charge in [0.15, 0.2) is 0 Å². The topological polar surface area (TPSA) is 58.6 Å². The molecule has 1 aromatic carbocycles. The van der Waals surface area contributed by atoms with Crippen LogP contribution in [0.1, 0.15) is 50.4 Å². The first-order valence-corrected chi connectivity index (χ1v) is 9.12. The Morgan fingerprint density at radius 3 is 2.44 bits per heavy atom. The summed E-state index contributed by atoms with van der Waals surface area (Å²) in [4.78, 5) is 27.6. The Morgan fingerprint density at radius 2 is 1.80 bits per heavy atom. The summed E-state index contributed by atoms with van der Waals surface area (Å²) in [6, 6.07) is 9.20. The highest BCUT2D eigenvalue weighted by molar-refractivity contribution is 5.99. The van der Waals surface area contributed by atoms with Crippen LogP contribution in [0.2, 0.25) is 0 Å². The Labute approximate surface area is 149 Å². The van der Waals surface area contributed by atoms with E-state index >= 15 is 0 Å². The molecule has 1 aromatic rings. The average Bonchev–Trinajstić information content (AvgIpc) is 2.91. The largest absolute Gasteiger partial charge is 0.381 e. The van der Waals surface area contributed by atoms with E-state index in [9.17, 15) is 9.59 Å². The molecule has 0 saturated carbocycles. The molecule has 0 bridgehead atoms. The van der Waals surface area contributed by atoms with Gasteiger partial charge in [-0.2, -0.15) is 0 Å². The lowest BCUT2D eigenvalue weighted by atomic mass is 9.74. The first-order valence-electron chi connectivity index (χ1n) is 9.12. The van der Waals surface area contributed by atoms with Crippen LogP contribution in [0.25, 0.3) is 0 Å². The molecule has 0 unspecified atom stereocenters. The monoisotopic (exact) mass is 344 g/mol. The van der Waals surface area contributed by atoms with Gasteiger partial charge in [-0.25, -0.2) is 0 Å². The number of ether oxygens (including phenoxy) is 1. The fourth-order valence-corrected chi connectivity index (χ4v) is 4.16. The van der Waals surface area contributed by atoms with Gasteiger partial charge in [0, 0.05) is 31.4 Å². The van der Waals surface area contributed by atoms with Crippen LogP contribution in [0, 0.1) is 5.41 Å². The highest BCUT2D eigenvalue weighted by Gasteiger charge is 2.49. The van der Waals surface area contributed by atoms with Gasteiger partial charge in [-0.1, -0.05) is 18.2 Å². The van der Waals surface area contributed by atoms with E-state index in [0.29, 0.717) is 5.56 Å². The molecule has 0 aliphatic carbocycles. The summed E-state index contributed by atoms with van der Waals surface area (Å²) in [7, 11) is 0. The van der Waals surface area contributed by atoms with Crippen LogP contribution >= 0.6 is 0 Å². The molecule has 1 spiro atoms. The number of nitrogens with zero attached hydrogens (tertiary/aromatic N) is 1. The van der Waals surface area contributed by atoms with Crippen LogP contribution in [-0.4, -0.2) is 48.1 Å². The quantitative estimate of drug-likeness (QED) is 0.917. The average molecular weight is 344 g/mol. The molecule has 136 valence electrons. The van der Waals surface area contributed by atoms with E-state index in [2.05, 4.69) is 12.2 Å². The highest BCUT2D eigenvalue weighted by atomic mass is 16.5. The second-order valence-electron chi connectivity index (χ2n) is 7.84. The molecular formula is C20H28N2O3. The van der Waals surface area contributed by atoms with Gasteiger partial charge in [0.05, 0.1) is 0 Å². The predicted octanol–water partition coefficient (Wildman–Crippen LogP) is 2.61. The fourth-order valence-electron chi connectivity index (χ4n) is 4.16. The molecule has 3 rings (SSSR count). The van der Waals surface area contributed by atoms with Crippen molar-refractivity contribution in [3.8, 4) is 0 Å². The zero-order valence-electron chi connectivity index (χ0n) is 15.4. The third-order valence-corrected chi connectivity index (χ3v) is 5.95. The van der Waals surface area contributed by atoms with Gasteiger partial charge >= 0.3 is 0 Å². The SMILES string of the molecule is C[C@@H]1N(C(=O)C(C)(C)NC(=O)c2ccccc2)CCC12CCOCC2. The van der Waals surface area contributed by atoms with Crippen molar-refractivity contribution in [2.75, 3.05) is 19.8 Å². The van der Waals surface area contributed by atoms with Gasteiger partial charge < -0.3 is 15.0 Å². The maximum atomic E-state index is 13.2. The van der Waals surface area contributed by atoms with Crippen molar-refractivity contribution in [1.82, 2.24) is 10.2 Å². The number of likely N-dealkylation sites (tertiary alicyclic amines) is 1. The Hall–Kier alpha value is -1.88. The third-order valence-electron chi connectivity index (χ3n) is 5.95. The van der Waals surface area contributed by atoms with Crippen LogP contribution in [0.4, 0.5) is 0 Å². The van der Waals surface area contributed by atoms with Crippen molar-refractivity contribution >= 4 is 11.8 Å². The van der Waals surface area contributed by atoms with Crippen LogP contribution in [0.5, 0.6) is 0 Å². The molecule has 1 atom stereocenters. The van der Waals surface area contributed by atoms with Crippen LogP contribution in [0.3, 0.4) is 0 Å². The van der Waals surface area contributed by atoms with E-state index in [1.807, 2.05) is 23.1 Å². The number of amides is 2. The Balaban J connectivity index is 1.70. The van der Waals surface area contributed by atoms with Crippen molar-refractivity contribution in [2.24, 2.45) is 5.41 Å². The summed E-state index contributed by atoms with van der Waals surface area (Å²) in [5.41, 5.74) is -0.190. The molecule has 2 fully saturated rings. The summed E-state index contributed by atoms with van der Waals surface area (Å²) in [5, 5.41) is 2.91. The number of rotatable bonds is 3. The first-order chi connectivity index (χ1) is 11.9. The Morgan fingerprint density at radius 1 is 1.16 bits per heavy atom. The second-order valence-corrected chi connectivity index (χ2v) is 7.84. The predicted molar refractivity (Wildman–Crippen MR) is 96.3 cm³/mol. The van der Waals surface area contributed by atoms with Gasteiger partial charge in [0.25, 0.3) is 5.91 Å². The summed E-state index contributed by atoms with van der Waals surface area (Å²) in [5.74, 6) is -0.223. The van der Waals surface area contributed by atoms with Gasteiger partial charge in [-0.3, -0.25) is 9.59 Å². The smallest absolute Gasteiger partial charge is 0.252 e. The zero-order valence-corrected chi connectivity index (χ0v) is 15.4. The molecule has 25 heavy (non-hydrogen) atoms. The minimum absolute atomic E-state index is 0.00681. The minimum atomic E-state index is -0.933. The van der Waals surface area contributed by atoms with E-state index in [-0.39, 0.29) is 23.3 Å². The van der Waals surface area contributed by atoms with Crippen LogP contribution in [-0.2, 0) is 9.53 Å². The second kappa shape index (κ2) is 6.79. The summed E-state index contributed by atoms with van der Waals surface area (Å²) < 4.78 is 5.51. The molecule has 0 aromatic heterocycles. The lowest BCUT2D eigenvalue weighted by Gasteiger charge is -2.40. The molecular weight excluding hydrogens is 316 g/mol. The molecule has 5 nitrogen and oxygen atoms in total. The van der Waals surface area contributed by atoms with Crippen LogP contribution in [0.15, 0.2) is 30.3 Å². The molecule has 2 amide bonds. The van der Waals surface area contributed by atoms with Gasteiger partial charge in [0.2, 0.25) is 5.91 Å². The molecule has 2 aliphatic rings. The maximum absolute atomic E-state index is 13.2. The number of carbonyl (C=O) groups excluding carboxylic acids is 2. The van der Waals surface area contributed by atoms with E-state index in [1.165, 1.54) is 0 Å². The molecule has 2 heterocycles. The van der Waals surface area contributed by atoms with Gasteiger partial charge in [-0.05, 0) is 57.6 Å². The van der Waals surface area contributed by atoms with Crippen molar-refractivity contribution in [3.05, 3.63) is 35.9 Å². The van der Waals surface area contributed by atoms with Crippen molar-refractivity contribution in [3.63, 3.8) is 0 Å². The van der Waals surface area contributed by atoms with E-state index in [4.69, 9.17) is 4.74 Å². The number of nitrogens with one attached hydrogen (secondary N) is 1. The number of benzene rings is 1. The lowest BCUT2D eigenvalue weighted by Crippen LogP contribution is -2.57. The minimum Gasteiger partial charge on any atom is -0.381 e. The van der Waals surface area contributed by atoms with Crippen molar-refractivity contribution in [2.45, 2.75) is 51.6 Å². The number of carbonyl (C=O) groups is 2. The standard InChI is InChI=1S/C20H28N2O3/c1-15-20(10-13-25-14-11-20)9-12-22(15)18(24)19(2,3)21-17(23)16-7-5-4-6-8-16/h4-8,15H,9-14H2,1-3H3,(H,21,23)/t15-/m0/s1. The molecule has 5 heteroatoms. The first kappa shape index (κ1) is 17.9. The summed E-state index contributed by atoms with van der Waals surface area (Å²) in [6.07, 6.45) is 3.04. The van der Waals surface area contributed by atoms with Gasteiger partial charge in [-0.15, -0.1) is 0 Å². The summed E-state index contributed by atoms with van der Waals surface area (Å²) in [6.45, 7) is 8.03. The number of hydrogen-bond donors (Lipinski definition) is 1. The van der Waals surface area contributed by atoms with E-state index in [0.717, 1.165) is 39.0 Å². The third kappa shape index (κ3) is 3.43. The highest BCUT2D eigenvalue weighted by Crippen LogP contribution is 2.45. The molecule has 2 aliphatic heterocycles. The van der Waals surface area contributed by atoms with Crippen molar-refractivity contribution < 1.29 is 14.3 Å². The number of hydrogen-bond acceptors (Lipinski definition) is 3. The lowest BCUT2D eigenvalue weighted by molar-refractivity contribution is -0.139.